The molecule has 1 saturated heterocycles. The molecular formula is C24H24ClN7O. The van der Waals surface area contributed by atoms with Crippen LogP contribution in [-0.4, -0.2) is 45.0 Å². The van der Waals surface area contributed by atoms with Crippen molar-refractivity contribution in [2.75, 3.05) is 18.0 Å². The molecule has 2 fully saturated rings. The molecule has 2 aliphatic rings. The number of carbonyl (C=O) groups is 1. The summed E-state index contributed by atoms with van der Waals surface area (Å²) >= 11 is 6.10. The van der Waals surface area contributed by atoms with Crippen molar-refractivity contribution in [3.63, 3.8) is 0 Å². The van der Waals surface area contributed by atoms with Crippen molar-refractivity contribution in [2.45, 2.75) is 44.2 Å². The minimum Gasteiger partial charge on any atom is -0.356 e. The van der Waals surface area contributed by atoms with Gasteiger partial charge in [0.25, 0.3) is 5.91 Å². The summed E-state index contributed by atoms with van der Waals surface area (Å²) in [6.45, 7) is 4.12. The van der Waals surface area contributed by atoms with Gasteiger partial charge < -0.3 is 10.2 Å². The number of anilines is 1. The lowest BCUT2D eigenvalue weighted by Crippen LogP contribution is -2.43. The van der Waals surface area contributed by atoms with Crippen LogP contribution in [0.3, 0.4) is 0 Å². The Labute approximate surface area is 197 Å². The normalized spacial score (nSPS) is 20.3. The summed E-state index contributed by atoms with van der Waals surface area (Å²) in [5.74, 6) is 0.968. The smallest absolute Gasteiger partial charge is 0.273 e. The van der Waals surface area contributed by atoms with Crippen molar-refractivity contribution in [1.82, 2.24) is 25.3 Å². The topological polar surface area (TPSA) is 99.7 Å². The van der Waals surface area contributed by atoms with Gasteiger partial charge in [0.1, 0.15) is 5.82 Å². The van der Waals surface area contributed by atoms with Crippen LogP contribution in [0.4, 0.5) is 5.82 Å². The second-order valence-corrected chi connectivity index (χ2v) is 9.17. The third-order valence-electron chi connectivity index (χ3n) is 6.62. The van der Waals surface area contributed by atoms with E-state index in [0.717, 1.165) is 42.9 Å². The number of carbonyl (C=O) groups excluding carboxylic acids is 1. The molecule has 1 aromatic carbocycles. The highest BCUT2D eigenvalue weighted by Crippen LogP contribution is 2.39. The molecule has 3 heterocycles. The minimum atomic E-state index is -0.241. The molecule has 5 rings (SSSR count). The quantitative estimate of drug-likeness (QED) is 0.600. The van der Waals surface area contributed by atoms with Crippen LogP contribution in [0.5, 0.6) is 0 Å². The van der Waals surface area contributed by atoms with Gasteiger partial charge in [0.2, 0.25) is 0 Å². The number of amides is 1. The van der Waals surface area contributed by atoms with Gasteiger partial charge in [-0.1, -0.05) is 22.9 Å². The largest absolute Gasteiger partial charge is 0.356 e. The molecule has 3 aromatic rings. The summed E-state index contributed by atoms with van der Waals surface area (Å²) in [5.41, 5.74) is 2.88. The Kier molecular flexibility index (Phi) is 5.73. The van der Waals surface area contributed by atoms with E-state index < -0.39 is 0 Å². The van der Waals surface area contributed by atoms with E-state index in [2.05, 4.69) is 31.6 Å². The zero-order valence-electron chi connectivity index (χ0n) is 18.3. The Balaban J connectivity index is 1.18. The summed E-state index contributed by atoms with van der Waals surface area (Å²) in [5, 5.41) is 21.2. The fourth-order valence-corrected chi connectivity index (χ4v) is 4.50. The van der Waals surface area contributed by atoms with Gasteiger partial charge in [-0.3, -0.25) is 4.79 Å². The molecular weight excluding hydrogens is 438 g/mol. The molecule has 1 N–H and O–H groups in total. The molecule has 1 aliphatic carbocycles. The number of pyridine rings is 1. The number of aromatic nitrogens is 4. The third-order valence-corrected chi connectivity index (χ3v) is 6.86. The molecule has 33 heavy (non-hydrogen) atoms. The molecule has 8 nitrogen and oxygen atoms in total. The number of hydrogen-bond donors (Lipinski definition) is 1. The first kappa shape index (κ1) is 21.4. The lowest BCUT2D eigenvalue weighted by atomic mass is 9.74. The summed E-state index contributed by atoms with van der Waals surface area (Å²) in [7, 11) is 0. The molecule has 0 unspecified atom stereocenters. The number of rotatable bonds is 6. The minimum absolute atomic E-state index is 0.0360. The lowest BCUT2D eigenvalue weighted by Gasteiger charge is -2.36. The highest BCUT2D eigenvalue weighted by Gasteiger charge is 2.33. The van der Waals surface area contributed by atoms with Crippen LogP contribution in [0.15, 0.2) is 42.7 Å². The van der Waals surface area contributed by atoms with Gasteiger partial charge in [-0.15, -0.1) is 5.10 Å². The fraction of sp³-hybridized carbons (Fsp3) is 0.375. The Morgan fingerprint density at radius 1 is 1.27 bits per heavy atom. The molecule has 1 saturated carbocycles. The molecule has 1 atom stereocenters. The predicted octanol–water partition coefficient (Wildman–Crippen LogP) is 3.69. The van der Waals surface area contributed by atoms with E-state index in [-0.39, 0.29) is 29.6 Å². The first-order chi connectivity index (χ1) is 16.0. The number of nitriles is 1. The van der Waals surface area contributed by atoms with Crippen LogP contribution < -0.4 is 10.2 Å². The number of nitrogens with one attached hydrogen (secondary N) is 1. The van der Waals surface area contributed by atoms with Crippen molar-refractivity contribution in [3.8, 4) is 6.07 Å². The van der Waals surface area contributed by atoms with Crippen molar-refractivity contribution in [2.24, 2.45) is 0 Å². The molecule has 168 valence electrons. The predicted molar refractivity (Wildman–Crippen MR) is 124 cm³/mol. The maximum atomic E-state index is 12.7. The Morgan fingerprint density at radius 3 is 2.76 bits per heavy atom. The van der Waals surface area contributed by atoms with Crippen molar-refractivity contribution >= 4 is 23.3 Å². The van der Waals surface area contributed by atoms with E-state index in [1.807, 2.05) is 31.3 Å². The number of halogens is 1. The number of nitrogens with zero attached hydrogens (tertiary/aromatic N) is 6. The molecule has 1 aliphatic heterocycles. The van der Waals surface area contributed by atoms with Gasteiger partial charge in [0, 0.05) is 30.4 Å². The van der Waals surface area contributed by atoms with Gasteiger partial charge in [-0.25, -0.2) is 9.67 Å². The fourth-order valence-electron chi connectivity index (χ4n) is 4.32. The summed E-state index contributed by atoms with van der Waals surface area (Å²) in [6.07, 6.45) is 6.27. The standard InChI is InChI=1S/C24H24ClN7O/c1-15(17-4-6-23(27-13-17)31-7-2-8-31)32-14-22(29-30-32)24(33)28-20-9-18(10-20)21-11-19(25)5-3-16(21)12-26/h3-6,11,13-15,18,20H,2,7-10H2,1H3,(H,28,33)/t15-,18-,20+/m0/s1. The van der Waals surface area contributed by atoms with Crippen LogP contribution >= 0.6 is 11.6 Å². The lowest BCUT2D eigenvalue weighted by molar-refractivity contribution is 0.0903. The summed E-state index contributed by atoms with van der Waals surface area (Å²) in [6, 6.07) is 11.6. The van der Waals surface area contributed by atoms with Crippen LogP contribution in [0.1, 0.15) is 65.3 Å². The number of benzene rings is 1. The number of hydrogen-bond acceptors (Lipinski definition) is 6. The van der Waals surface area contributed by atoms with Gasteiger partial charge in [0.05, 0.1) is 23.9 Å². The second kappa shape index (κ2) is 8.83. The Morgan fingerprint density at radius 2 is 2.09 bits per heavy atom. The van der Waals surface area contributed by atoms with E-state index in [0.29, 0.717) is 10.6 Å². The zero-order valence-corrected chi connectivity index (χ0v) is 19.0. The van der Waals surface area contributed by atoms with Crippen LogP contribution in [0.2, 0.25) is 5.02 Å². The molecule has 0 bridgehead atoms. The second-order valence-electron chi connectivity index (χ2n) is 8.73. The van der Waals surface area contributed by atoms with Crippen LogP contribution in [0.25, 0.3) is 0 Å². The van der Waals surface area contributed by atoms with E-state index in [4.69, 9.17) is 11.6 Å². The Hall–Kier alpha value is -3.44. The van der Waals surface area contributed by atoms with E-state index in [9.17, 15) is 10.1 Å². The average molecular weight is 462 g/mol. The van der Waals surface area contributed by atoms with E-state index in [1.165, 1.54) is 6.42 Å². The van der Waals surface area contributed by atoms with Crippen LogP contribution in [-0.2, 0) is 0 Å². The van der Waals surface area contributed by atoms with Crippen molar-refractivity contribution in [1.29, 1.82) is 5.26 Å². The Bertz CT molecular complexity index is 1210. The van der Waals surface area contributed by atoms with Gasteiger partial charge in [0.15, 0.2) is 5.69 Å². The highest BCUT2D eigenvalue weighted by atomic mass is 35.5. The molecule has 1 amide bonds. The van der Waals surface area contributed by atoms with Crippen molar-refractivity contribution < 1.29 is 4.79 Å². The van der Waals surface area contributed by atoms with E-state index in [1.54, 1.807) is 23.0 Å². The molecule has 2 aromatic heterocycles. The van der Waals surface area contributed by atoms with Gasteiger partial charge in [-0.05, 0) is 67.5 Å². The summed E-state index contributed by atoms with van der Waals surface area (Å²) < 4.78 is 1.68. The molecule has 0 spiro atoms. The molecule has 9 heteroatoms. The monoisotopic (exact) mass is 461 g/mol. The first-order valence-corrected chi connectivity index (χ1v) is 11.5. The first-order valence-electron chi connectivity index (χ1n) is 11.1. The maximum Gasteiger partial charge on any atom is 0.273 e. The zero-order chi connectivity index (χ0) is 22.9. The van der Waals surface area contributed by atoms with Crippen molar-refractivity contribution in [3.05, 3.63) is 70.1 Å². The van der Waals surface area contributed by atoms with E-state index >= 15 is 0 Å². The van der Waals surface area contributed by atoms with Gasteiger partial charge >= 0.3 is 0 Å². The SMILES string of the molecule is C[C@@H](c1ccc(N2CCC2)nc1)n1cc(C(=O)N[C@H]2C[C@@H](c3cc(Cl)ccc3C#N)C2)nn1. The third kappa shape index (κ3) is 4.29. The summed E-state index contributed by atoms with van der Waals surface area (Å²) in [4.78, 5) is 19.5. The maximum absolute atomic E-state index is 12.7. The highest BCUT2D eigenvalue weighted by molar-refractivity contribution is 6.30. The molecule has 0 radical (unpaired) electrons. The van der Waals surface area contributed by atoms with Crippen LogP contribution in [0, 0.1) is 11.3 Å². The van der Waals surface area contributed by atoms with Gasteiger partial charge in [-0.2, -0.15) is 5.26 Å². The average Bonchev–Trinajstić information content (AvgIpc) is 3.25.